The Morgan fingerprint density at radius 1 is 1.43 bits per heavy atom. The molecular weight excluding hydrogens is 180 g/mol. The second-order valence-corrected chi connectivity index (χ2v) is 4.77. The Kier molecular flexibility index (Phi) is 2.88. The number of aliphatic hydroxyl groups is 1. The lowest BCUT2D eigenvalue weighted by Gasteiger charge is -2.41. The molecule has 0 saturated heterocycles. The number of hydrogen-bond donors (Lipinski definition) is 1. The molecule has 2 aliphatic rings. The average Bonchev–Trinajstić information content (AvgIpc) is 2.14. The Labute approximate surface area is 84.4 Å². The van der Waals surface area contributed by atoms with Gasteiger partial charge in [0.05, 0.1) is 6.10 Å². The van der Waals surface area contributed by atoms with Crippen molar-refractivity contribution in [2.45, 2.75) is 38.7 Å². The molecule has 3 nitrogen and oxygen atoms in total. The van der Waals surface area contributed by atoms with Crippen molar-refractivity contribution in [2.75, 3.05) is 6.79 Å². The highest BCUT2D eigenvalue weighted by Gasteiger charge is 2.41. The number of ketones is 1. The van der Waals surface area contributed by atoms with Gasteiger partial charge < -0.3 is 9.84 Å². The van der Waals surface area contributed by atoms with Crippen LogP contribution in [0.5, 0.6) is 0 Å². The van der Waals surface area contributed by atoms with Crippen molar-refractivity contribution in [1.82, 2.24) is 0 Å². The second-order valence-electron chi connectivity index (χ2n) is 4.77. The third-order valence-corrected chi connectivity index (χ3v) is 3.65. The van der Waals surface area contributed by atoms with Crippen molar-refractivity contribution in [3.63, 3.8) is 0 Å². The van der Waals surface area contributed by atoms with Crippen LogP contribution >= 0.6 is 0 Å². The van der Waals surface area contributed by atoms with Crippen LogP contribution in [-0.2, 0) is 9.53 Å². The van der Waals surface area contributed by atoms with Gasteiger partial charge >= 0.3 is 0 Å². The number of ether oxygens (including phenoxy) is 1. The Hall–Kier alpha value is -0.410. The second kappa shape index (κ2) is 3.99. The standard InChI is InChI=1S/C11H18O3/c1-7-2-8-4-9(3-7)11(14-6-12)5-10(8)13/h7-9,11-12H,2-6H2,1H3. The van der Waals surface area contributed by atoms with Crippen molar-refractivity contribution in [2.24, 2.45) is 17.8 Å². The lowest BCUT2D eigenvalue weighted by molar-refractivity contribution is -0.144. The SMILES string of the molecule is CC1CC2CC(C1)C(OCO)CC2=O. The number of fused-ring (bicyclic) bond motifs is 2. The minimum Gasteiger partial charge on any atom is -0.371 e. The molecule has 2 fully saturated rings. The van der Waals surface area contributed by atoms with Gasteiger partial charge in [-0.05, 0) is 31.1 Å². The summed E-state index contributed by atoms with van der Waals surface area (Å²) in [5.41, 5.74) is 0. The first-order valence-electron chi connectivity index (χ1n) is 5.46. The molecule has 0 amide bonds. The molecule has 0 radical (unpaired) electrons. The van der Waals surface area contributed by atoms with Crippen LogP contribution in [0, 0.1) is 17.8 Å². The van der Waals surface area contributed by atoms with Crippen molar-refractivity contribution in [1.29, 1.82) is 0 Å². The zero-order chi connectivity index (χ0) is 10.1. The molecule has 0 aliphatic heterocycles. The van der Waals surface area contributed by atoms with Crippen LogP contribution in [0.25, 0.3) is 0 Å². The highest BCUT2D eigenvalue weighted by atomic mass is 16.6. The van der Waals surface area contributed by atoms with E-state index in [-0.39, 0.29) is 18.8 Å². The minimum atomic E-state index is -0.256. The van der Waals surface area contributed by atoms with Crippen LogP contribution in [0.2, 0.25) is 0 Å². The lowest BCUT2D eigenvalue weighted by Crippen LogP contribution is -2.42. The Morgan fingerprint density at radius 2 is 2.21 bits per heavy atom. The molecule has 4 unspecified atom stereocenters. The van der Waals surface area contributed by atoms with Gasteiger partial charge in [0, 0.05) is 12.3 Å². The maximum Gasteiger partial charge on any atom is 0.143 e. The maximum atomic E-state index is 11.7. The monoisotopic (exact) mass is 198 g/mol. The van der Waals surface area contributed by atoms with Gasteiger partial charge in [-0.15, -0.1) is 0 Å². The van der Waals surface area contributed by atoms with Crippen LogP contribution in [0.4, 0.5) is 0 Å². The third kappa shape index (κ3) is 1.84. The van der Waals surface area contributed by atoms with E-state index >= 15 is 0 Å². The van der Waals surface area contributed by atoms with E-state index < -0.39 is 0 Å². The topological polar surface area (TPSA) is 46.5 Å². The lowest BCUT2D eigenvalue weighted by atomic mass is 9.66. The molecule has 4 atom stereocenters. The summed E-state index contributed by atoms with van der Waals surface area (Å²) in [5.74, 6) is 1.75. The zero-order valence-electron chi connectivity index (χ0n) is 8.61. The maximum absolute atomic E-state index is 11.7. The largest absolute Gasteiger partial charge is 0.371 e. The smallest absolute Gasteiger partial charge is 0.143 e. The number of aliphatic hydroxyl groups excluding tert-OH is 1. The molecule has 1 N–H and O–H groups in total. The average molecular weight is 198 g/mol. The predicted octanol–water partition coefficient (Wildman–Crippen LogP) is 1.35. The van der Waals surface area contributed by atoms with E-state index in [9.17, 15) is 4.79 Å². The first-order chi connectivity index (χ1) is 6.70. The first-order valence-corrected chi connectivity index (χ1v) is 5.46. The molecular formula is C11H18O3. The zero-order valence-corrected chi connectivity index (χ0v) is 8.61. The summed E-state index contributed by atoms with van der Waals surface area (Å²) < 4.78 is 5.22. The first kappa shape index (κ1) is 10.1. The van der Waals surface area contributed by atoms with Crippen LogP contribution in [0.1, 0.15) is 32.6 Å². The molecule has 3 heteroatoms. The van der Waals surface area contributed by atoms with E-state index in [4.69, 9.17) is 9.84 Å². The molecule has 0 aromatic rings. The summed E-state index contributed by atoms with van der Waals surface area (Å²) in [4.78, 5) is 11.7. The number of carbonyl (C=O) groups is 1. The number of rotatable bonds is 2. The Balaban J connectivity index is 2.05. The Bertz CT molecular complexity index is 227. The molecule has 14 heavy (non-hydrogen) atoms. The van der Waals surface area contributed by atoms with Gasteiger partial charge in [-0.2, -0.15) is 0 Å². The number of Topliss-reactive ketones (excluding diaryl/α,β-unsaturated/α-hetero) is 1. The van der Waals surface area contributed by atoms with Gasteiger partial charge in [-0.25, -0.2) is 0 Å². The molecule has 2 saturated carbocycles. The summed E-state index contributed by atoms with van der Waals surface area (Å²) in [6.07, 6.45) is 3.68. The molecule has 0 aromatic heterocycles. The molecule has 0 aromatic carbocycles. The van der Waals surface area contributed by atoms with Gasteiger partial charge in [0.15, 0.2) is 0 Å². The fourth-order valence-corrected chi connectivity index (χ4v) is 3.05. The van der Waals surface area contributed by atoms with Crippen LogP contribution in [0.3, 0.4) is 0 Å². The van der Waals surface area contributed by atoms with E-state index in [1.807, 2.05) is 0 Å². The summed E-state index contributed by atoms with van der Waals surface area (Å²) in [5, 5.41) is 8.73. The molecule has 2 rings (SSSR count). The normalized spacial score (nSPS) is 42.6. The molecule has 2 bridgehead atoms. The number of hydrogen-bond acceptors (Lipinski definition) is 3. The van der Waals surface area contributed by atoms with Crippen molar-refractivity contribution in [3.8, 4) is 0 Å². The fraction of sp³-hybridized carbons (Fsp3) is 0.909. The van der Waals surface area contributed by atoms with Crippen molar-refractivity contribution >= 4 is 5.78 Å². The van der Waals surface area contributed by atoms with E-state index in [1.165, 1.54) is 0 Å². The van der Waals surface area contributed by atoms with Crippen molar-refractivity contribution < 1.29 is 14.6 Å². The molecule has 80 valence electrons. The third-order valence-electron chi connectivity index (χ3n) is 3.65. The minimum absolute atomic E-state index is 0.0218. The predicted molar refractivity (Wildman–Crippen MR) is 51.6 cm³/mol. The summed E-state index contributed by atoms with van der Waals surface area (Å²) in [6.45, 7) is 1.95. The highest BCUT2D eigenvalue weighted by molar-refractivity contribution is 5.82. The van der Waals surface area contributed by atoms with E-state index in [0.29, 0.717) is 24.0 Å². The van der Waals surface area contributed by atoms with Crippen LogP contribution < -0.4 is 0 Å². The molecule has 0 heterocycles. The van der Waals surface area contributed by atoms with Gasteiger partial charge in [0.2, 0.25) is 0 Å². The van der Waals surface area contributed by atoms with E-state index in [2.05, 4.69) is 6.92 Å². The summed E-state index contributed by atoms with van der Waals surface area (Å²) >= 11 is 0. The van der Waals surface area contributed by atoms with Crippen molar-refractivity contribution in [3.05, 3.63) is 0 Å². The Morgan fingerprint density at radius 3 is 2.93 bits per heavy atom. The quantitative estimate of drug-likeness (QED) is 0.681. The van der Waals surface area contributed by atoms with Gasteiger partial charge in [-0.3, -0.25) is 4.79 Å². The summed E-state index contributed by atoms with van der Waals surface area (Å²) in [7, 11) is 0. The van der Waals surface area contributed by atoms with Crippen LogP contribution in [-0.4, -0.2) is 23.8 Å². The fourth-order valence-electron chi connectivity index (χ4n) is 3.05. The molecule has 2 aliphatic carbocycles. The van der Waals surface area contributed by atoms with Gasteiger partial charge in [-0.1, -0.05) is 6.92 Å². The van der Waals surface area contributed by atoms with Crippen LogP contribution in [0.15, 0.2) is 0 Å². The van der Waals surface area contributed by atoms with E-state index in [1.54, 1.807) is 0 Å². The van der Waals surface area contributed by atoms with E-state index in [0.717, 1.165) is 19.3 Å². The summed E-state index contributed by atoms with van der Waals surface area (Å²) in [6, 6.07) is 0. The van der Waals surface area contributed by atoms with Gasteiger partial charge in [0.25, 0.3) is 0 Å². The van der Waals surface area contributed by atoms with Gasteiger partial charge in [0.1, 0.15) is 12.6 Å². The highest BCUT2D eigenvalue weighted by Crippen LogP contribution is 2.41. The number of carbonyl (C=O) groups excluding carboxylic acids is 1. The molecule has 0 spiro atoms.